The number of ether oxygens (including phenoxy) is 1. The fraction of sp³-hybridized carbons (Fsp3) is 0.459. The topological polar surface area (TPSA) is 58.6 Å². The second-order valence-corrected chi connectivity index (χ2v) is 11.8. The zero-order valence-electron chi connectivity index (χ0n) is 25.7. The molecule has 42 heavy (non-hydrogen) atoms. The first-order valence-corrected chi connectivity index (χ1v) is 15.8. The molecule has 1 aliphatic carbocycles. The first-order valence-electron chi connectivity index (χ1n) is 15.8. The molecule has 0 bridgehead atoms. The summed E-state index contributed by atoms with van der Waals surface area (Å²) in [7, 11) is 0. The number of allylic oxidation sites excluding steroid dienone is 5. The molecule has 1 N–H and O–H groups in total. The normalized spacial score (nSPS) is 22.4. The van der Waals surface area contributed by atoms with E-state index >= 15 is 0 Å². The molecule has 224 valence electrons. The van der Waals surface area contributed by atoms with Crippen molar-refractivity contribution in [2.24, 2.45) is 5.92 Å². The minimum Gasteiger partial charge on any atom is -0.496 e. The molecule has 2 unspecified atom stereocenters. The molecule has 1 aliphatic heterocycles. The predicted octanol–water partition coefficient (Wildman–Crippen LogP) is 7.76. The molecule has 1 heterocycles. The van der Waals surface area contributed by atoms with E-state index in [1.165, 1.54) is 43.2 Å². The summed E-state index contributed by atoms with van der Waals surface area (Å²) in [4.78, 5) is 27.8. The van der Waals surface area contributed by atoms with E-state index in [9.17, 15) is 9.59 Å². The highest BCUT2D eigenvalue weighted by atomic mass is 16.5. The maximum absolute atomic E-state index is 13.5. The average Bonchev–Trinajstić information content (AvgIpc) is 3.04. The van der Waals surface area contributed by atoms with Gasteiger partial charge in [0.15, 0.2) is 0 Å². The van der Waals surface area contributed by atoms with E-state index < -0.39 is 6.04 Å². The third-order valence-electron chi connectivity index (χ3n) is 8.61. The number of nitrogens with zero attached hydrogens (tertiary/aromatic N) is 1. The van der Waals surface area contributed by atoms with Gasteiger partial charge in [-0.05, 0) is 80.4 Å². The number of anilines is 1. The Kier molecular flexibility index (Phi) is 12.0. The van der Waals surface area contributed by atoms with Crippen molar-refractivity contribution < 1.29 is 14.3 Å². The summed E-state index contributed by atoms with van der Waals surface area (Å²) in [6, 6.07) is 15.7. The Morgan fingerprint density at radius 2 is 1.90 bits per heavy atom. The molecule has 2 aromatic carbocycles. The minimum atomic E-state index is -0.537. The average molecular weight is 569 g/mol. The van der Waals surface area contributed by atoms with Gasteiger partial charge in [-0.1, -0.05) is 93.7 Å². The predicted molar refractivity (Wildman–Crippen MR) is 173 cm³/mol. The molecule has 0 spiro atoms. The molecule has 1 saturated carbocycles. The number of aryl methyl sites for hydroxylation is 1. The quantitative estimate of drug-likeness (QED) is 0.298. The lowest BCUT2D eigenvalue weighted by molar-refractivity contribution is -0.109. The zero-order valence-corrected chi connectivity index (χ0v) is 25.7. The smallest absolute Gasteiger partial charge is 0.251 e. The van der Waals surface area contributed by atoms with E-state index in [-0.39, 0.29) is 11.9 Å². The molecular formula is C37H48N2O3. The third-order valence-corrected chi connectivity index (χ3v) is 8.61. The number of carbonyl (C=O) groups is 2. The first kappa shape index (κ1) is 31.3. The van der Waals surface area contributed by atoms with Gasteiger partial charge in [0.25, 0.3) is 5.91 Å². The molecular weight excluding hydrogens is 520 g/mol. The largest absolute Gasteiger partial charge is 0.496 e. The van der Waals surface area contributed by atoms with Gasteiger partial charge >= 0.3 is 0 Å². The first-order chi connectivity index (χ1) is 20.5. The van der Waals surface area contributed by atoms with Crippen molar-refractivity contribution in [1.82, 2.24) is 5.32 Å². The van der Waals surface area contributed by atoms with Gasteiger partial charge in [0, 0.05) is 17.3 Å². The van der Waals surface area contributed by atoms with Gasteiger partial charge in [-0.15, -0.1) is 0 Å². The standard InChI is InChI=1S/C37H48N2O3/c1-4-30-17-11-12-28(2)39(22-23-42-29(3)24-30)36-26-34(20-19-33(36)25-32-15-9-6-10-16-32)37(41)38-35(27-40)21-18-31-13-7-5-8-14-31/h5,7-8,11-14,17,19-20,24,26-28,32,35H,4,6,9-10,15-16,18,21-23,25H2,1-3H3,(H,38,41)/b12-11+,29-24+,30-17-. The van der Waals surface area contributed by atoms with Gasteiger partial charge in [-0.2, -0.15) is 0 Å². The number of aldehydes is 1. The number of rotatable bonds is 10. The van der Waals surface area contributed by atoms with Crippen LogP contribution in [0.2, 0.25) is 0 Å². The SMILES string of the molecule is CCC1=C/C=C/C(C)N(c2cc(C(=O)NC(C=O)CCc3ccccc3)ccc2CC2CCCCC2)CCO\C(C)=C\1. The Labute approximate surface area is 252 Å². The van der Waals surface area contributed by atoms with Crippen molar-refractivity contribution in [3.63, 3.8) is 0 Å². The van der Waals surface area contributed by atoms with Crippen molar-refractivity contribution in [3.8, 4) is 0 Å². The monoisotopic (exact) mass is 568 g/mol. The second-order valence-electron chi connectivity index (χ2n) is 11.8. The highest BCUT2D eigenvalue weighted by molar-refractivity contribution is 5.96. The van der Waals surface area contributed by atoms with Crippen LogP contribution in [0, 0.1) is 5.92 Å². The molecule has 2 atom stereocenters. The third kappa shape index (κ3) is 9.20. The van der Waals surface area contributed by atoms with E-state index in [0.29, 0.717) is 31.1 Å². The maximum Gasteiger partial charge on any atom is 0.251 e. The van der Waals surface area contributed by atoms with Crippen LogP contribution in [0.25, 0.3) is 0 Å². The highest BCUT2D eigenvalue weighted by Gasteiger charge is 2.23. The number of amides is 1. The lowest BCUT2D eigenvalue weighted by Crippen LogP contribution is -2.37. The fourth-order valence-corrected chi connectivity index (χ4v) is 6.10. The molecule has 0 radical (unpaired) electrons. The van der Waals surface area contributed by atoms with Crippen LogP contribution in [0.15, 0.2) is 84.2 Å². The molecule has 1 amide bonds. The van der Waals surface area contributed by atoms with Crippen LogP contribution in [-0.2, 0) is 22.4 Å². The van der Waals surface area contributed by atoms with Crippen LogP contribution in [0.4, 0.5) is 5.69 Å². The van der Waals surface area contributed by atoms with Gasteiger partial charge in [0.05, 0.1) is 18.3 Å². The summed E-state index contributed by atoms with van der Waals surface area (Å²) in [6.07, 6.45) is 19.2. The van der Waals surface area contributed by atoms with Gasteiger partial charge in [0.1, 0.15) is 12.9 Å². The number of hydrogen-bond acceptors (Lipinski definition) is 4. The van der Waals surface area contributed by atoms with Gasteiger partial charge < -0.3 is 19.7 Å². The summed E-state index contributed by atoms with van der Waals surface area (Å²) in [5, 5.41) is 2.98. The van der Waals surface area contributed by atoms with Crippen molar-refractivity contribution in [3.05, 3.63) is 101 Å². The van der Waals surface area contributed by atoms with Crippen LogP contribution in [-0.4, -0.2) is 37.4 Å². The van der Waals surface area contributed by atoms with Crippen LogP contribution < -0.4 is 10.2 Å². The summed E-state index contributed by atoms with van der Waals surface area (Å²) in [6.45, 7) is 7.64. The molecule has 5 nitrogen and oxygen atoms in total. The zero-order chi connectivity index (χ0) is 29.7. The minimum absolute atomic E-state index is 0.110. The Hall–Kier alpha value is -3.60. The maximum atomic E-state index is 13.5. The number of carbonyl (C=O) groups excluding carboxylic acids is 2. The molecule has 5 heteroatoms. The summed E-state index contributed by atoms with van der Waals surface area (Å²) in [5.41, 5.74) is 5.34. The van der Waals surface area contributed by atoms with Crippen LogP contribution in [0.3, 0.4) is 0 Å². The summed E-state index contributed by atoms with van der Waals surface area (Å²) < 4.78 is 6.14. The Bertz CT molecular complexity index is 1260. The van der Waals surface area contributed by atoms with Crippen LogP contribution in [0.1, 0.15) is 87.2 Å². The van der Waals surface area contributed by atoms with E-state index in [1.54, 1.807) is 0 Å². The van der Waals surface area contributed by atoms with E-state index in [0.717, 1.165) is 42.6 Å². The van der Waals surface area contributed by atoms with Crippen LogP contribution >= 0.6 is 0 Å². The number of nitrogens with one attached hydrogen (secondary N) is 1. The number of hydrogen-bond donors (Lipinski definition) is 1. The van der Waals surface area contributed by atoms with Crippen molar-refractivity contribution in [2.75, 3.05) is 18.1 Å². The molecule has 0 saturated heterocycles. The molecule has 0 aromatic heterocycles. The van der Waals surface area contributed by atoms with Crippen molar-refractivity contribution in [2.45, 2.75) is 90.6 Å². The number of benzene rings is 2. The molecule has 2 aliphatic rings. The molecule has 1 fully saturated rings. The van der Waals surface area contributed by atoms with E-state index in [4.69, 9.17) is 4.74 Å². The van der Waals surface area contributed by atoms with Crippen molar-refractivity contribution >= 4 is 17.9 Å². The Morgan fingerprint density at radius 3 is 2.64 bits per heavy atom. The van der Waals surface area contributed by atoms with Gasteiger partial charge in [-0.25, -0.2) is 0 Å². The van der Waals surface area contributed by atoms with E-state index in [1.807, 2.05) is 49.4 Å². The summed E-state index contributed by atoms with van der Waals surface area (Å²) >= 11 is 0. The van der Waals surface area contributed by atoms with E-state index in [2.05, 4.69) is 54.4 Å². The van der Waals surface area contributed by atoms with Crippen LogP contribution in [0.5, 0.6) is 0 Å². The highest BCUT2D eigenvalue weighted by Crippen LogP contribution is 2.32. The summed E-state index contributed by atoms with van der Waals surface area (Å²) in [5.74, 6) is 1.37. The molecule has 2 aromatic rings. The van der Waals surface area contributed by atoms with Gasteiger partial charge in [0.2, 0.25) is 0 Å². The Balaban J connectivity index is 1.60. The van der Waals surface area contributed by atoms with Gasteiger partial charge in [-0.3, -0.25) is 4.79 Å². The lowest BCUT2D eigenvalue weighted by Gasteiger charge is -2.33. The van der Waals surface area contributed by atoms with Crippen molar-refractivity contribution in [1.29, 1.82) is 0 Å². The Morgan fingerprint density at radius 1 is 1.12 bits per heavy atom. The lowest BCUT2D eigenvalue weighted by atomic mass is 9.84. The fourth-order valence-electron chi connectivity index (χ4n) is 6.10. The molecule has 4 rings (SSSR count). The second kappa shape index (κ2) is 16.1.